The monoisotopic (exact) mass is 203 g/mol. The van der Waals surface area contributed by atoms with E-state index in [1.807, 2.05) is 0 Å². The van der Waals surface area contributed by atoms with Crippen molar-refractivity contribution >= 4 is 5.97 Å². The highest BCUT2D eigenvalue weighted by Crippen LogP contribution is 2.22. The minimum absolute atomic E-state index is 0.228. The van der Waals surface area contributed by atoms with E-state index in [1.54, 1.807) is 31.2 Å². The molecule has 0 saturated heterocycles. The molecule has 0 aliphatic rings. The summed E-state index contributed by atoms with van der Waals surface area (Å²) < 4.78 is 5.05. The van der Waals surface area contributed by atoms with E-state index in [0.717, 1.165) is 0 Å². The Morgan fingerprint density at radius 2 is 2.13 bits per heavy atom. The quantitative estimate of drug-likeness (QED) is 0.813. The lowest BCUT2D eigenvalue weighted by Crippen LogP contribution is -1.98. The second-order valence-corrected chi connectivity index (χ2v) is 3.10. The molecule has 0 saturated carbocycles. The molecular weight excluding hydrogens is 194 g/mol. The van der Waals surface area contributed by atoms with E-state index in [9.17, 15) is 4.79 Å². The first kappa shape index (κ1) is 9.45. The Bertz CT molecular complexity index is 502. The van der Waals surface area contributed by atoms with Crippen molar-refractivity contribution in [3.05, 3.63) is 42.0 Å². The molecule has 1 N–H and O–H groups in total. The van der Waals surface area contributed by atoms with Gasteiger partial charge in [0.05, 0.1) is 5.56 Å². The molecule has 0 radical (unpaired) electrons. The van der Waals surface area contributed by atoms with Gasteiger partial charge in [0.2, 0.25) is 0 Å². The molecule has 76 valence electrons. The van der Waals surface area contributed by atoms with Gasteiger partial charge in [-0.1, -0.05) is 18.2 Å². The van der Waals surface area contributed by atoms with Crippen molar-refractivity contribution in [1.29, 1.82) is 0 Å². The number of hydrogen-bond donors (Lipinski definition) is 1. The number of carboxylic acid groups (broad SMARTS) is 1. The third-order valence-corrected chi connectivity index (χ3v) is 2.05. The van der Waals surface area contributed by atoms with Crippen molar-refractivity contribution in [2.45, 2.75) is 6.92 Å². The lowest BCUT2D eigenvalue weighted by atomic mass is 10.1. The van der Waals surface area contributed by atoms with Crippen LogP contribution in [0.3, 0.4) is 0 Å². The first-order chi connectivity index (χ1) is 7.18. The van der Waals surface area contributed by atoms with Crippen LogP contribution in [0, 0.1) is 6.92 Å². The number of aromatic nitrogens is 1. The third kappa shape index (κ3) is 1.74. The lowest BCUT2D eigenvalue weighted by Gasteiger charge is -2.00. The Morgan fingerprint density at radius 3 is 2.73 bits per heavy atom. The summed E-state index contributed by atoms with van der Waals surface area (Å²) in [6.45, 7) is 1.72. The van der Waals surface area contributed by atoms with Gasteiger partial charge in [-0.2, -0.15) is 0 Å². The van der Waals surface area contributed by atoms with E-state index in [0.29, 0.717) is 17.1 Å². The van der Waals surface area contributed by atoms with Crippen LogP contribution in [0.15, 0.2) is 34.9 Å². The van der Waals surface area contributed by atoms with Crippen molar-refractivity contribution in [2.75, 3.05) is 0 Å². The molecule has 2 aromatic rings. The van der Waals surface area contributed by atoms with Crippen LogP contribution in [0.2, 0.25) is 0 Å². The number of aromatic carboxylic acids is 1. The second kappa shape index (κ2) is 3.57. The summed E-state index contributed by atoms with van der Waals surface area (Å²) in [5, 5.41) is 8.98. The van der Waals surface area contributed by atoms with Gasteiger partial charge in [-0.3, -0.25) is 0 Å². The van der Waals surface area contributed by atoms with Gasteiger partial charge >= 0.3 is 5.97 Å². The number of aryl methyl sites for hydroxylation is 1. The van der Waals surface area contributed by atoms with Gasteiger partial charge in [-0.25, -0.2) is 9.78 Å². The molecule has 0 aliphatic heterocycles. The normalized spacial score (nSPS) is 10.2. The van der Waals surface area contributed by atoms with E-state index in [1.165, 1.54) is 6.26 Å². The molecule has 1 heterocycles. The standard InChI is InChI=1S/C11H9NO3/c1-7-12-10(6-15-7)8-4-2-3-5-9(8)11(13)14/h2-6H,1H3,(H,13,14). The fraction of sp³-hybridized carbons (Fsp3) is 0.0909. The number of oxazole rings is 1. The number of rotatable bonds is 2. The van der Waals surface area contributed by atoms with Crippen LogP contribution in [0.25, 0.3) is 11.3 Å². The highest BCUT2D eigenvalue weighted by molar-refractivity contribution is 5.95. The van der Waals surface area contributed by atoms with Crippen LogP contribution < -0.4 is 0 Å². The van der Waals surface area contributed by atoms with Crippen LogP contribution in [-0.4, -0.2) is 16.1 Å². The Hall–Kier alpha value is -2.10. The van der Waals surface area contributed by atoms with Gasteiger partial charge in [-0.05, 0) is 6.07 Å². The maximum Gasteiger partial charge on any atom is 0.336 e. The zero-order valence-electron chi connectivity index (χ0n) is 8.10. The molecule has 15 heavy (non-hydrogen) atoms. The maximum atomic E-state index is 10.9. The van der Waals surface area contributed by atoms with E-state index in [4.69, 9.17) is 9.52 Å². The predicted molar refractivity (Wildman–Crippen MR) is 53.6 cm³/mol. The number of nitrogens with zero attached hydrogens (tertiary/aromatic N) is 1. The molecule has 0 aliphatic carbocycles. The zero-order valence-corrected chi connectivity index (χ0v) is 8.10. The first-order valence-corrected chi connectivity index (χ1v) is 4.43. The number of carbonyl (C=O) groups is 1. The highest BCUT2D eigenvalue weighted by atomic mass is 16.4. The van der Waals surface area contributed by atoms with Crippen molar-refractivity contribution in [2.24, 2.45) is 0 Å². The SMILES string of the molecule is Cc1nc(-c2ccccc2C(=O)O)co1. The van der Waals surface area contributed by atoms with Crippen molar-refractivity contribution in [3.63, 3.8) is 0 Å². The van der Waals surface area contributed by atoms with Crippen molar-refractivity contribution in [3.8, 4) is 11.3 Å². The largest absolute Gasteiger partial charge is 0.478 e. The number of hydrogen-bond acceptors (Lipinski definition) is 3. The molecule has 1 aromatic carbocycles. The van der Waals surface area contributed by atoms with Gasteiger partial charge in [-0.15, -0.1) is 0 Å². The zero-order chi connectivity index (χ0) is 10.8. The van der Waals surface area contributed by atoms with Crippen molar-refractivity contribution in [1.82, 2.24) is 4.98 Å². The topological polar surface area (TPSA) is 63.3 Å². The Balaban J connectivity index is 2.57. The van der Waals surface area contributed by atoms with Crippen LogP contribution in [0.5, 0.6) is 0 Å². The summed E-state index contributed by atoms with van der Waals surface area (Å²) in [5.41, 5.74) is 1.35. The molecule has 4 nitrogen and oxygen atoms in total. The van der Waals surface area contributed by atoms with Gasteiger partial charge in [0.25, 0.3) is 0 Å². The van der Waals surface area contributed by atoms with Gasteiger partial charge in [0.1, 0.15) is 12.0 Å². The minimum atomic E-state index is -0.966. The summed E-state index contributed by atoms with van der Waals surface area (Å²) in [7, 11) is 0. The predicted octanol–water partition coefficient (Wildman–Crippen LogP) is 2.35. The maximum absolute atomic E-state index is 10.9. The fourth-order valence-electron chi connectivity index (χ4n) is 1.38. The van der Waals surface area contributed by atoms with Gasteiger partial charge in [0.15, 0.2) is 5.89 Å². The van der Waals surface area contributed by atoms with Crippen LogP contribution >= 0.6 is 0 Å². The number of carboxylic acids is 1. The molecular formula is C11H9NO3. The third-order valence-electron chi connectivity index (χ3n) is 2.05. The van der Waals surface area contributed by atoms with E-state index >= 15 is 0 Å². The molecule has 2 rings (SSSR count). The van der Waals surface area contributed by atoms with Gasteiger partial charge in [0, 0.05) is 12.5 Å². The van der Waals surface area contributed by atoms with Crippen LogP contribution in [0.4, 0.5) is 0 Å². The first-order valence-electron chi connectivity index (χ1n) is 4.43. The molecule has 0 unspecified atom stereocenters. The molecule has 4 heteroatoms. The summed E-state index contributed by atoms with van der Waals surface area (Å²) in [5.74, 6) is -0.448. The molecule has 0 atom stereocenters. The average molecular weight is 203 g/mol. The summed E-state index contributed by atoms with van der Waals surface area (Å²) in [6.07, 6.45) is 1.46. The fourth-order valence-corrected chi connectivity index (χ4v) is 1.38. The summed E-state index contributed by atoms with van der Waals surface area (Å²) in [4.78, 5) is 15.0. The molecule has 0 bridgehead atoms. The molecule has 0 fully saturated rings. The van der Waals surface area contributed by atoms with Gasteiger partial charge < -0.3 is 9.52 Å². The van der Waals surface area contributed by atoms with E-state index < -0.39 is 5.97 Å². The highest BCUT2D eigenvalue weighted by Gasteiger charge is 2.13. The molecule has 0 spiro atoms. The van der Waals surface area contributed by atoms with Crippen LogP contribution in [0.1, 0.15) is 16.2 Å². The Kier molecular flexibility index (Phi) is 2.25. The number of benzene rings is 1. The van der Waals surface area contributed by atoms with Crippen molar-refractivity contribution < 1.29 is 14.3 Å². The van der Waals surface area contributed by atoms with Crippen LogP contribution in [-0.2, 0) is 0 Å². The second-order valence-electron chi connectivity index (χ2n) is 3.10. The summed E-state index contributed by atoms with van der Waals surface area (Å²) in [6, 6.07) is 6.70. The average Bonchev–Trinajstić information content (AvgIpc) is 2.65. The molecule has 0 amide bonds. The minimum Gasteiger partial charge on any atom is -0.478 e. The van der Waals surface area contributed by atoms with E-state index in [2.05, 4.69) is 4.98 Å². The Labute approximate surface area is 86.2 Å². The smallest absolute Gasteiger partial charge is 0.336 e. The van der Waals surface area contributed by atoms with E-state index in [-0.39, 0.29) is 5.56 Å². The Morgan fingerprint density at radius 1 is 1.40 bits per heavy atom. The molecule has 1 aromatic heterocycles. The lowest BCUT2D eigenvalue weighted by molar-refractivity contribution is 0.0697. The summed E-state index contributed by atoms with van der Waals surface area (Å²) >= 11 is 0.